The average Bonchev–Trinajstić information content (AvgIpc) is 2.76. The van der Waals surface area contributed by atoms with Crippen molar-refractivity contribution in [2.24, 2.45) is 0 Å². The third-order valence-electron chi connectivity index (χ3n) is 4.41. The monoisotopic (exact) mass is 430 g/mol. The molecule has 0 spiro atoms. The van der Waals surface area contributed by atoms with Crippen LogP contribution in [0.3, 0.4) is 0 Å². The van der Waals surface area contributed by atoms with E-state index in [0.717, 1.165) is 17.1 Å². The largest absolute Gasteiger partial charge is 0.494 e. The number of hydrogen-bond donors (Lipinski definition) is 1. The van der Waals surface area contributed by atoms with E-state index in [1.54, 1.807) is 21.0 Å². The Labute approximate surface area is 185 Å². The van der Waals surface area contributed by atoms with Gasteiger partial charge in [-0.1, -0.05) is 6.07 Å². The summed E-state index contributed by atoms with van der Waals surface area (Å²) >= 11 is 0. The van der Waals surface area contributed by atoms with Crippen LogP contribution in [0.4, 0.5) is 0 Å². The van der Waals surface area contributed by atoms with Crippen molar-refractivity contribution < 1.29 is 23.7 Å². The molecule has 1 N–H and O–H groups in total. The van der Waals surface area contributed by atoms with Gasteiger partial charge in [0.2, 0.25) is 0 Å². The molecule has 1 atom stereocenters. The SMILES string of the molecule is CCOc1ccc(OCCNCc2ccc(O[C@H](C)C(=O)N(C)C)c(OCC)c2)cc1. The predicted molar refractivity (Wildman–Crippen MR) is 121 cm³/mol. The summed E-state index contributed by atoms with van der Waals surface area (Å²) in [6, 6.07) is 13.4. The van der Waals surface area contributed by atoms with Crippen LogP contribution in [0.2, 0.25) is 0 Å². The maximum absolute atomic E-state index is 12.1. The maximum Gasteiger partial charge on any atom is 0.262 e. The second-order valence-electron chi connectivity index (χ2n) is 7.14. The van der Waals surface area contributed by atoms with Gasteiger partial charge < -0.3 is 29.2 Å². The molecule has 2 aromatic rings. The van der Waals surface area contributed by atoms with Crippen molar-refractivity contribution in [2.45, 2.75) is 33.4 Å². The maximum atomic E-state index is 12.1. The molecule has 2 aromatic carbocycles. The molecule has 170 valence electrons. The lowest BCUT2D eigenvalue weighted by Crippen LogP contribution is -2.35. The van der Waals surface area contributed by atoms with Gasteiger partial charge in [0.05, 0.1) is 13.2 Å². The van der Waals surface area contributed by atoms with Gasteiger partial charge in [-0.05, 0) is 62.7 Å². The zero-order valence-corrected chi connectivity index (χ0v) is 19.1. The van der Waals surface area contributed by atoms with Crippen molar-refractivity contribution in [2.75, 3.05) is 40.5 Å². The lowest BCUT2D eigenvalue weighted by molar-refractivity contribution is -0.135. The smallest absolute Gasteiger partial charge is 0.262 e. The van der Waals surface area contributed by atoms with Crippen LogP contribution in [0.15, 0.2) is 42.5 Å². The summed E-state index contributed by atoms with van der Waals surface area (Å²) < 4.78 is 22.7. The first-order valence-electron chi connectivity index (χ1n) is 10.6. The fourth-order valence-corrected chi connectivity index (χ4v) is 2.91. The molecular weight excluding hydrogens is 396 g/mol. The Morgan fingerprint density at radius 2 is 1.58 bits per heavy atom. The fourth-order valence-electron chi connectivity index (χ4n) is 2.91. The van der Waals surface area contributed by atoms with E-state index in [9.17, 15) is 4.79 Å². The van der Waals surface area contributed by atoms with E-state index in [2.05, 4.69) is 5.32 Å². The normalized spacial score (nSPS) is 11.5. The van der Waals surface area contributed by atoms with Gasteiger partial charge >= 0.3 is 0 Å². The van der Waals surface area contributed by atoms with Crippen LogP contribution in [0.1, 0.15) is 26.3 Å². The number of benzene rings is 2. The minimum atomic E-state index is -0.585. The average molecular weight is 431 g/mol. The van der Waals surface area contributed by atoms with E-state index in [-0.39, 0.29) is 5.91 Å². The molecule has 0 aliphatic heterocycles. The molecule has 0 unspecified atom stereocenters. The van der Waals surface area contributed by atoms with Gasteiger partial charge in [0, 0.05) is 27.2 Å². The van der Waals surface area contributed by atoms with Crippen molar-refractivity contribution >= 4 is 5.91 Å². The molecule has 0 aromatic heterocycles. The molecular formula is C24H34N2O5. The highest BCUT2D eigenvalue weighted by molar-refractivity contribution is 5.80. The van der Waals surface area contributed by atoms with E-state index in [1.165, 1.54) is 4.90 Å². The number of rotatable bonds is 13. The van der Waals surface area contributed by atoms with Crippen molar-refractivity contribution in [3.63, 3.8) is 0 Å². The zero-order valence-electron chi connectivity index (χ0n) is 19.1. The molecule has 31 heavy (non-hydrogen) atoms. The van der Waals surface area contributed by atoms with Crippen LogP contribution in [-0.4, -0.2) is 57.4 Å². The summed E-state index contributed by atoms with van der Waals surface area (Å²) in [6.07, 6.45) is -0.585. The first kappa shape index (κ1) is 24.3. The molecule has 0 aliphatic carbocycles. The zero-order chi connectivity index (χ0) is 22.6. The van der Waals surface area contributed by atoms with Gasteiger partial charge in [0.1, 0.15) is 18.1 Å². The highest BCUT2D eigenvalue weighted by Crippen LogP contribution is 2.29. The standard InChI is InChI=1S/C24H34N2O5/c1-6-28-20-9-11-21(12-10-20)30-15-14-25-17-19-8-13-22(23(16-19)29-7-2)31-18(3)24(27)26(4)5/h8-13,16,18,25H,6-7,14-15,17H2,1-5H3/t18-/m1/s1. The third kappa shape index (κ3) is 8.02. The van der Waals surface area contributed by atoms with Crippen LogP contribution >= 0.6 is 0 Å². The summed E-state index contributed by atoms with van der Waals surface area (Å²) in [7, 11) is 3.42. The van der Waals surface area contributed by atoms with Gasteiger partial charge in [0.15, 0.2) is 17.6 Å². The highest BCUT2D eigenvalue weighted by Gasteiger charge is 2.18. The number of carbonyl (C=O) groups excluding carboxylic acids is 1. The Morgan fingerprint density at radius 3 is 2.19 bits per heavy atom. The van der Waals surface area contributed by atoms with Crippen LogP contribution in [-0.2, 0) is 11.3 Å². The molecule has 1 amide bonds. The molecule has 0 heterocycles. The minimum absolute atomic E-state index is 0.0966. The highest BCUT2D eigenvalue weighted by atomic mass is 16.5. The lowest BCUT2D eigenvalue weighted by atomic mass is 10.2. The van der Waals surface area contributed by atoms with Crippen molar-refractivity contribution in [3.05, 3.63) is 48.0 Å². The van der Waals surface area contributed by atoms with E-state index in [4.69, 9.17) is 18.9 Å². The van der Waals surface area contributed by atoms with Gasteiger partial charge in [-0.3, -0.25) is 4.79 Å². The molecule has 0 fully saturated rings. The number of amides is 1. The van der Waals surface area contributed by atoms with Crippen molar-refractivity contribution in [1.82, 2.24) is 10.2 Å². The van der Waals surface area contributed by atoms with Crippen LogP contribution in [0, 0.1) is 0 Å². The Hall–Kier alpha value is -2.93. The number of nitrogens with one attached hydrogen (secondary N) is 1. The second kappa shape index (κ2) is 12.7. The molecule has 2 rings (SSSR count). The van der Waals surface area contributed by atoms with E-state index < -0.39 is 6.10 Å². The number of hydrogen-bond acceptors (Lipinski definition) is 6. The van der Waals surface area contributed by atoms with Crippen LogP contribution < -0.4 is 24.3 Å². The third-order valence-corrected chi connectivity index (χ3v) is 4.41. The summed E-state index contributed by atoms with van der Waals surface area (Å²) in [5, 5.41) is 3.36. The minimum Gasteiger partial charge on any atom is -0.494 e. The number of nitrogens with zero attached hydrogens (tertiary/aromatic N) is 1. The fraction of sp³-hybridized carbons (Fsp3) is 0.458. The Balaban J connectivity index is 1.83. The summed E-state index contributed by atoms with van der Waals surface area (Å²) in [6.45, 7) is 8.69. The lowest BCUT2D eigenvalue weighted by Gasteiger charge is -2.20. The Kier molecular flexibility index (Phi) is 9.97. The van der Waals surface area contributed by atoms with Gasteiger partial charge in [0.25, 0.3) is 5.91 Å². The summed E-state index contributed by atoms with van der Waals surface area (Å²) in [4.78, 5) is 13.6. The number of ether oxygens (including phenoxy) is 4. The van der Waals surface area contributed by atoms with Crippen molar-refractivity contribution in [1.29, 1.82) is 0 Å². The quantitative estimate of drug-likeness (QED) is 0.491. The van der Waals surface area contributed by atoms with E-state index in [0.29, 0.717) is 44.4 Å². The van der Waals surface area contributed by atoms with Gasteiger partial charge in [-0.2, -0.15) is 0 Å². The number of carbonyl (C=O) groups is 1. The second-order valence-corrected chi connectivity index (χ2v) is 7.14. The topological polar surface area (TPSA) is 69.3 Å². The molecule has 7 heteroatoms. The molecule has 0 saturated carbocycles. The molecule has 0 saturated heterocycles. The Morgan fingerprint density at radius 1 is 0.935 bits per heavy atom. The summed E-state index contributed by atoms with van der Waals surface area (Å²) in [5.74, 6) is 2.75. The van der Waals surface area contributed by atoms with Crippen LogP contribution in [0.5, 0.6) is 23.0 Å². The molecule has 0 aliphatic rings. The molecule has 0 bridgehead atoms. The summed E-state index contributed by atoms with van der Waals surface area (Å²) in [5.41, 5.74) is 1.06. The van der Waals surface area contributed by atoms with E-state index in [1.807, 2.05) is 56.3 Å². The molecule has 0 radical (unpaired) electrons. The first-order chi connectivity index (χ1) is 14.9. The van der Waals surface area contributed by atoms with E-state index >= 15 is 0 Å². The number of likely N-dealkylation sites (N-methyl/N-ethyl adjacent to an activating group) is 1. The predicted octanol–water partition coefficient (Wildman–Crippen LogP) is 3.51. The van der Waals surface area contributed by atoms with Gasteiger partial charge in [-0.15, -0.1) is 0 Å². The Bertz CT molecular complexity index is 808. The van der Waals surface area contributed by atoms with Crippen molar-refractivity contribution in [3.8, 4) is 23.0 Å². The molecule has 7 nitrogen and oxygen atoms in total. The first-order valence-corrected chi connectivity index (χ1v) is 10.6. The van der Waals surface area contributed by atoms with Crippen LogP contribution in [0.25, 0.3) is 0 Å². The van der Waals surface area contributed by atoms with Gasteiger partial charge in [-0.25, -0.2) is 0 Å².